The summed E-state index contributed by atoms with van der Waals surface area (Å²) in [5.74, 6) is 1.54. The van der Waals surface area contributed by atoms with Gasteiger partial charge in [0.05, 0.1) is 14.2 Å². The zero-order valence-electron chi connectivity index (χ0n) is 15.0. The van der Waals surface area contributed by atoms with Gasteiger partial charge < -0.3 is 9.47 Å². The highest BCUT2D eigenvalue weighted by atomic mass is 35.5. The molecule has 0 fully saturated rings. The number of methoxy groups -OCH3 is 2. The average Bonchev–Trinajstić information content (AvgIpc) is 2.67. The Hall–Kier alpha value is -2.52. The predicted octanol–water partition coefficient (Wildman–Crippen LogP) is 4.87. The van der Waals surface area contributed by atoms with E-state index in [0.29, 0.717) is 0 Å². The highest BCUT2D eigenvalue weighted by Crippen LogP contribution is 2.33. The fourth-order valence-electron chi connectivity index (χ4n) is 3.49. The molecular weight excluding hydrogens is 346 g/mol. The number of aliphatic imine (C=N–C) groups is 1. The van der Waals surface area contributed by atoms with Gasteiger partial charge in [0.2, 0.25) is 0 Å². The smallest absolute Gasteiger partial charge is 0.161 e. The van der Waals surface area contributed by atoms with Crippen LogP contribution in [0.2, 0.25) is 0 Å². The minimum atomic E-state index is 0. The molecule has 3 aromatic carbocycles. The van der Waals surface area contributed by atoms with E-state index in [9.17, 15) is 0 Å². The van der Waals surface area contributed by atoms with Crippen molar-refractivity contribution in [2.24, 2.45) is 4.99 Å². The second-order valence-corrected chi connectivity index (χ2v) is 6.30. The largest absolute Gasteiger partial charge is 0.493 e. The summed E-state index contributed by atoms with van der Waals surface area (Å²) >= 11 is 0. The molecule has 0 atom stereocenters. The van der Waals surface area contributed by atoms with E-state index in [2.05, 4.69) is 54.6 Å². The van der Waals surface area contributed by atoms with Crippen LogP contribution < -0.4 is 9.47 Å². The summed E-state index contributed by atoms with van der Waals surface area (Å²) in [5, 5.41) is 2.53. The Labute approximate surface area is 160 Å². The summed E-state index contributed by atoms with van der Waals surface area (Å²) in [6.07, 6.45) is 1.77. The van der Waals surface area contributed by atoms with E-state index in [1.54, 1.807) is 14.2 Å². The lowest BCUT2D eigenvalue weighted by atomic mass is 9.92. The van der Waals surface area contributed by atoms with E-state index >= 15 is 0 Å². The van der Waals surface area contributed by atoms with E-state index in [0.717, 1.165) is 36.6 Å². The number of fused-ring (bicyclic) bond motifs is 2. The maximum absolute atomic E-state index is 5.48. The fourth-order valence-corrected chi connectivity index (χ4v) is 3.49. The van der Waals surface area contributed by atoms with Gasteiger partial charge in [-0.3, -0.25) is 4.99 Å². The maximum atomic E-state index is 5.48. The first-order valence-electron chi connectivity index (χ1n) is 8.55. The summed E-state index contributed by atoms with van der Waals surface area (Å²) in [6.45, 7) is 0.825. The molecule has 3 nitrogen and oxygen atoms in total. The van der Waals surface area contributed by atoms with Crippen LogP contribution in [0.25, 0.3) is 10.8 Å². The van der Waals surface area contributed by atoms with E-state index in [-0.39, 0.29) is 12.4 Å². The number of hydrogen-bond donors (Lipinski definition) is 0. The molecule has 0 amide bonds. The minimum absolute atomic E-state index is 0. The molecule has 26 heavy (non-hydrogen) atoms. The molecule has 3 aromatic rings. The number of benzene rings is 3. The Morgan fingerprint density at radius 3 is 2.38 bits per heavy atom. The van der Waals surface area contributed by atoms with Crippen LogP contribution >= 0.6 is 12.4 Å². The van der Waals surface area contributed by atoms with Crippen molar-refractivity contribution in [2.45, 2.75) is 12.8 Å². The lowest BCUT2D eigenvalue weighted by molar-refractivity contribution is 0.354. The Kier molecular flexibility index (Phi) is 5.48. The Morgan fingerprint density at radius 2 is 1.62 bits per heavy atom. The first-order valence-corrected chi connectivity index (χ1v) is 8.55. The number of halogens is 1. The van der Waals surface area contributed by atoms with Gasteiger partial charge in [-0.15, -0.1) is 12.4 Å². The molecule has 4 rings (SSSR count). The second kappa shape index (κ2) is 7.79. The van der Waals surface area contributed by atoms with Gasteiger partial charge in [0.15, 0.2) is 11.5 Å². The van der Waals surface area contributed by atoms with Gasteiger partial charge in [0.25, 0.3) is 0 Å². The third-order valence-electron chi connectivity index (χ3n) is 4.79. The monoisotopic (exact) mass is 367 g/mol. The van der Waals surface area contributed by atoms with Gasteiger partial charge in [-0.1, -0.05) is 42.5 Å². The van der Waals surface area contributed by atoms with E-state index in [4.69, 9.17) is 14.5 Å². The molecule has 0 saturated heterocycles. The molecule has 0 radical (unpaired) electrons. The predicted molar refractivity (Wildman–Crippen MR) is 110 cm³/mol. The fraction of sp³-hybridized carbons (Fsp3) is 0.227. The minimum Gasteiger partial charge on any atom is -0.493 e. The van der Waals surface area contributed by atoms with Crippen LogP contribution in [0.15, 0.2) is 59.6 Å². The van der Waals surface area contributed by atoms with Crippen LogP contribution in [0.4, 0.5) is 0 Å². The third kappa shape index (κ3) is 3.40. The van der Waals surface area contributed by atoms with Crippen molar-refractivity contribution in [3.63, 3.8) is 0 Å². The quantitative estimate of drug-likeness (QED) is 0.658. The zero-order valence-corrected chi connectivity index (χ0v) is 15.8. The molecule has 0 aliphatic carbocycles. The summed E-state index contributed by atoms with van der Waals surface area (Å²) in [4.78, 5) is 4.80. The molecule has 1 heterocycles. The molecule has 0 bridgehead atoms. The molecule has 4 heteroatoms. The average molecular weight is 368 g/mol. The van der Waals surface area contributed by atoms with Crippen LogP contribution in [0.5, 0.6) is 11.5 Å². The van der Waals surface area contributed by atoms with Crippen molar-refractivity contribution in [1.82, 2.24) is 0 Å². The lowest BCUT2D eigenvalue weighted by Gasteiger charge is -2.20. The Morgan fingerprint density at radius 1 is 0.885 bits per heavy atom. The topological polar surface area (TPSA) is 30.8 Å². The second-order valence-electron chi connectivity index (χ2n) is 6.30. The summed E-state index contributed by atoms with van der Waals surface area (Å²) < 4.78 is 10.9. The van der Waals surface area contributed by atoms with Gasteiger partial charge >= 0.3 is 0 Å². The van der Waals surface area contributed by atoms with Crippen molar-refractivity contribution in [3.8, 4) is 11.5 Å². The summed E-state index contributed by atoms with van der Waals surface area (Å²) in [5.41, 5.74) is 4.86. The zero-order chi connectivity index (χ0) is 17.2. The SMILES string of the molecule is COc1cc2c(cc1OC)C(Cc1ccc3ccccc3c1)=NCC2.Cl. The standard InChI is InChI=1S/C22H21NO2.ClH/c1-24-21-13-18-9-10-23-20(19(18)14-22(21)25-2)12-15-7-8-16-5-3-4-6-17(16)11-15;/h3-8,11,13-14H,9-10,12H2,1-2H3;1H. The number of ether oxygens (including phenoxy) is 2. The molecule has 0 unspecified atom stereocenters. The van der Waals surface area contributed by atoms with Gasteiger partial charge in [0, 0.05) is 24.2 Å². The highest BCUT2D eigenvalue weighted by Gasteiger charge is 2.18. The Bertz CT molecular complexity index is 966. The van der Waals surface area contributed by atoms with Crippen LogP contribution in [-0.2, 0) is 12.8 Å². The number of hydrogen-bond acceptors (Lipinski definition) is 3. The molecule has 1 aliphatic rings. The molecular formula is C22H22ClNO2. The third-order valence-corrected chi connectivity index (χ3v) is 4.79. The first kappa shape index (κ1) is 18.3. The Balaban J connectivity index is 0.00000196. The molecule has 0 spiro atoms. The van der Waals surface area contributed by atoms with Crippen LogP contribution in [-0.4, -0.2) is 26.5 Å². The van der Waals surface area contributed by atoms with E-state index in [1.807, 2.05) is 0 Å². The van der Waals surface area contributed by atoms with Crippen molar-refractivity contribution in [1.29, 1.82) is 0 Å². The van der Waals surface area contributed by atoms with E-state index < -0.39 is 0 Å². The molecule has 0 saturated carbocycles. The van der Waals surface area contributed by atoms with Crippen LogP contribution in [0.3, 0.4) is 0 Å². The number of rotatable bonds is 4. The maximum Gasteiger partial charge on any atom is 0.161 e. The lowest BCUT2D eigenvalue weighted by Crippen LogP contribution is -2.16. The van der Waals surface area contributed by atoms with Crippen molar-refractivity contribution in [3.05, 3.63) is 71.3 Å². The van der Waals surface area contributed by atoms with Crippen LogP contribution in [0.1, 0.15) is 16.7 Å². The molecule has 1 aliphatic heterocycles. The molecule has 0 aromatic heterocycles. The number of nitrogens with zero attached hydrogens (tertiary/aromatic N) is 1. The van der Waals surface area contributed by atoms with Crippen molar-refractivity contribution in [2.75, 3.05) is 20.8 Å². The van der Waals surface area contributed by atoms with E-state index in [1.165, 1.54) is 27.5 Å². The van der Waals surface area contributed by atoms with Gasteiger partial charge in [-0.25, -0.2) is 0 Å². The van der Waals surface area contributed by atoms with Gasteiger partial charge in [-0.2, -0.15) is 0 Å². The molecule has 0 N–H and O–H groups in total. The molecule has 134 valence electrons. The highest BCUT2D eigenvalue weighted by molar-refractivity contribution is 6.04. The van der Waals surface area contributed by atoms with Crippen LogP contribution in [0, 0.1) is 0 Å². The van der Waals surface area contributed by atoms with Crippen molar-refractivity contribution >= 4 is 28.9 Å². The normalized spacial score (nSPS) is 12.8. The summed E-state index contributed by atoms with van der Waals surface area (Å²) in [6, 6.07) is 19.2. The van der Waals surface area contributed by atoms with Gasteiger partial charge in [0.1, 0.15) is 0 Å². The van der Waals surface area contributed by atoms with Gasteiger partial charge in [-0.05, 0) is 40.5 Å². The summed E-state index contributed by atoms with van der Waals surface area (Å²) in [7, 11) is 3.35. The van der Waals surface area contributed by atoms with Crippen molar-refractivity contribution < 1.29 is 9.47 Å². The first-order chi connectivity index (χ1) is 12.3.